The van der Waals surface area contributed by atoms with Crippen molar-refractivity contribution in [2.24, 2.45) is 0 Å². The van der Waals surface area contributed by atoms with Crippen LogP contribution in [-0.2, 0) is 17.9 Å². The van der Waals surface area contributed by atoms with Crippen LogP contribution in [0.2, 0.25) is 0 Å². The van der Waals surface area contributed by atoms with E-state index in [1.165, 1.54) is 0 Å². The number of rotatable bonds is 6. The highest BCUT2D eigenvalue weighted by Crippen LogP contribution is 2.14. The molecular formula is C21H24N2O3. The molecule has 1 N–H and O–H groups in total. The first-order chi connectivity index (χ1) is 12.7. The van der Waals surface area contributed by atoms with E-state index in [-0.39, 0.29) is 11.8 Å². The quantitative estimate of drug-likeness (QED) is 0.869. The maximum absolute atomic E-state index is 12.5. The van der Waals surface area contributed by atoms with E-state index >= 15 is 0 Å². The highest BCUT2D eigenvalue weighted by Gasteiger charge is 2.19. The van der Waals surface area contributed by atoms with E-state index in [0.717, 1.165) is 37.1 Å². The largest absolute Gasteiger partial charge is 0.380 e. The first-order valence-electron chi connectivity index (χ1n) is 8.91. The van der Waals surface area contributed by atoms with Gasteiger partial charge < -0.3 is 15.0 Å². The standard InChI is InChI=1S/C21H24N2O3/c1-26-15-16-7-9-18(10-8-16)20(24)22-14-17-5-4-6-19(13-17)21(25)23-11-2-3-12-23/h4-10,13H,2-3,11-12,14-15H2,1H3,(H,22,24). The van der Waals surface area contributed by atoms with Gasteiger partial charge in [0.1, 0.15) is 0 Å². The average molecular weight is 352 g/mol. The molecule has 2 amide bonds. The molecule has 5 nitrogen and oxygen atoms in total. The molecule has 3 rings (SSSR count). The number of carbonyl (C=O) groups excluding carboxylic acids is 2. The minimum absolute atomic E-state index is 0.0735. The van der Waals surface area contributed by atoms with Gasteiger partial charge in [-0.2, -0.15) is 0 Å². The second-order valence-electron chi connectivity index (χ2n) is 6.51. The summed E-state index contributed by atoms with van der Waals surface area (Å²) in [5, 5.41) is 2.91. The summed E-state index contributed by atoms with van der Waals surface area (Å²) in [6, 6.07) is 14.8. The Balaban J connectivity index is 1.59. The first kappa shape index (κ1) is 18.1. The summed E-state index contributed by atoms with van der Waals surface area (Å²) in [6.45, 7) is 2.58. The Morgan fingerprint density at radius 1 is 1.00 bits per heavy atom. The van der Waals surface area contributed by atoms with Crippen LogP contribution < -0.4 is 5.32 Å². The van der Waals surface area contributed by atoms with Crippen molar-refractivity contribution in [2.75, 3.05) is 20.2 Å². The molecule has 0 unspecified atom stereocenters. The lowest BCUT2D eigenvalue weighted by Crippen LogP contribution is -2.28. The molecule has 0 bridgehead atoms. The van der Waals surface area contributed by atoms with Gasteiger partial charge in [0.25, 0.3) is 11.8 Å². The Bertz CT molecular complexity index is 765. The van der Waals surface area contributed by atoms with Gasteiger partial charge >= 0.3 is 0 Å². The molecule has 5 heteroatoms. The number of ether oxygens (including phenoxy) is 1. The van der Waals surface area contributed by atoms with E-state index in [9.17, 15) is 9.59 Å². The molecule has 1 fully saturated rings. The van der Waals surface area contributed by atoms with Gasteiger partial charge in [-0.25, -0.2) is 0 Å². The normalized spacial score (nSPS) is 13.7. The van der Waals surface area contributed by atoms with Crippen molar-refractivity contribution in [1.82, 2.24) is 10.2 Å². The van der Waals surface area contributed by atoms with Crippen LogP contribution in [0.25, 0.3) is 0 Å². The topological polar surface area (TPSA) is 58.6 Å². The predicted octanol–water partition coefficient (Wildman–Crippen LogP) is 3.00. The van der Waals surface area contributed by atoms with Gasteiger partial charge in [0.15, 0.2) is 0 Å². The Morgan fingerprint density at radius 2 is 1.73 bits per heavy atom. The second kappa shape index (κ2) is 8.63. The van der Waals surface area contributed by atoms with E-state index in [1.807, 2.05) is 41.3 Å². The molecule has 0 saturated carbocycles. The molecular weight excluding hydrogens is 328 g/mol. The van der Waals surface area contributed by atoms with Crippen molar-refractivity contribution in [1.29, 1.82) is 0 Å². The average Bonchev–Trinajstić information content (AvgIpc) is 3.21. The van der Waals surface area contributed by atoms with Crippen molar-refractivity contribution in [3.05, 3.63) is 70.8 Å². The molecule has 1 aliphatic heterocycles. The molecule has 0 aliphatic carbocycles. The fraction of sp³-hybridized carbons (Fsp3) is 0.333. The Labute approximate surface area is 154 Å². The van der Waals surface area contributed by atoms with Crippen molar-refractivity contribution in [3.8, 4) is 0 Å². The van der Waals surface area contributed by atoms with E-state index in [4.69, 9.17) is 4.74 Å². The van der Waals surface area contributed by atoms with Gasteiger partial charge in [0.05, 0.1) is 6.61 Å². The van der Waals surface area contributed by atoms with Crippen LogP contribution in [-0.4, -0.2) is 36.9 Å². The number of nitrogens with one attached hydrogen (secondary N) is 1. The van der Waals surface area contributed by atoms with E-state index in [0.29, 0.717) is 24.3 Å². The van der Waals surface area contributed by atoms with Crippen LogP contribution in [0.1, 0.15) is 44.7 Å². The number of carbonyl (C=O) groups is 2. The van der Waals surface area contributed by atoms with Gasteiger partial charge in [0, 0.05) is 37.9 Å². The zero-order chi connectivity index (χ0) is 18.4. The smallest absolute Gasteiger partial charge is 0.253 e. The van der Waals surface area contributed by atoms with Gasteiger partial charge in [-0.1, -0.05) is 24.3 Å². The fourth-order valence-corrected chi connectivity index (χ4v) is 3.12. The molecule has 1 saturated heterocycles. The summed E-state index contributed by atoms with van der Waals surface area (Å²) in [6.07, 6.45) is 2.15. The van der Waals surface area contributed by atoms with Crippen molar-refractivity contribution in [2.45, 2.75) is 26.0 Å². The highest BCUT2D eigenvalue weighted by molar-refractivity contribution is 5.95. The summed E-state index contributed by atoms with van der Waals surface area (Å²) in [5.41, 5.74) is 3.23. The third-order valence-corrected chi connectivity index (χ3v) is 4.55. The number of nitrogens with zero attached hydrogens (tertiary/aromatic N) is 1. The van der Waals surface area contributed by atoms with Crippen LogP contribution in [0, 0.1) is 0 Å². The number of methoxy groups -OCH3 is 1. The zero-order valence-electron chi connectivity index (χ0n) is 15.0. The Morgan fingerprint density at radius 3 is 2.42 bits per heavy atom. The number of hydrogen-bond acceptors (Lipinski definition) is 3. The third kappa shape index (κ3) is 4.49. The van der Waals surface area contributed by atoms with E-state index in [2.05, 4.69) is 5.32 Å². The molecule has 26 heavy (non-hydrogen) atoms. The monoisotopic (exact) mass is 352 g/mol. The predicted molar refractivity (Wildman–Crippen MR) is 99.9 cm³/mol. The number of likely N-dealkylation sites (tertiary alicyclic amines) is 1. The lowest BCUT2D eigenvalue weighted by atomic mass is 10.1. The fourth-order valence-electron chi connectivity index (χ4n) is 3.12. The van der Waals surface area contributed by atoms with Crippen molar-refractivity contribution >= 4 is 11.8 Å². The van der Waals surface area contributed by atoms with Gasteiger partial charge in [-0.15, -0.1) is 0 Å². The molecule has 0 radical (unpaired) electrons. The van der Waals surface area contributed by atoms with Crippen LogP contribution >= 0.6 is 0 Å². The van der Waals surface area contributed by atoms with Crippen LogP contribution in [0.15, 0.2) is 48.5 Å². The lowest BCUT2D eigenvalue weighted by Gasteiger charge is -2.15. The molecule has 2 aromatic carbocycles. The van der Waals surface area contributed by atoms with Crippen LogP contribution in [0.4, 0.5) is 0 Å². The number of hydrogen-bond donors (Lipinski definition) is 1. The molecule has 136 valence electrons. The van der Waals surface area contributed by atoms with Gasteiger partial charge in [0.2, 0.25) is 0 Å². The second-order valence-corrected chi connectivity index (χ2v) is 6.51. The molecule has 2 aromatic rings. The number of amides is 2. The first-order valence-corrected chi connectivity index (χ1v) is 8.91. The third-order valence-electron chi connectivity index (χ3n) is 4.55. The Kier molecular flexibility index (Phi) is 6.02. The van der Waals surface area contributed by atoms with E-state index < -0.39 is 0 Å². The Hall–Kier alpha value is -2.66. The molecule has 0 spiro atoms. The van der Waals surface area contributed by atoms with Gasteiger partial charge in [-0.3, -0.25) is 9.59 Å². The van der Waals surface area contributed by atoms with Crippen LogP contribution in [0.5, 0.6) is 0 Å². The molecule has 0 aromatic heterocycles. The summed E-state index contributed by atoms with van der Waals surface area (Å²) in [7, 11) is 1.64. The summed E-state index contributed by atoms with van der Waals surface area (Å²) in [5.74, 6) is -0.0605. The summed E-state index contributed by atoms with van der Waals surface area (Å²) >= 11 is 0. The lowest BCUT2D eigenvalue weighted by molar-refractivity contribution is 0.0792. The molecule has 1 heterocycles. The summed E-state index contributed by atoms with van der Waals surface area (Å²) < 4.78 is 5.07. The molecule has 1 aliphatic rings. The van der Waals surface area contributed by atoms with Crippen molar-refractivity contribution < 1.29 is 14.3 Å². The minimum atomic E-state index is -0.134. The van der Waals surface area contributed by atoms with Gasteiger partial charge in [-0.05, 0) is 48.2 Å². The molecule has 0 atom stereocenters. The zero-order valence-corrected chi connectivity index (χ0v) is 15.0. The maximum atomic E-state index is 12.5. The van der Waals surface area contributed by atoms with Crippen LogP contribution in [0.3, 0.4) is 0 Å². The highest BCUT2D eigenvalue weighted by atomic mass is 16.5. The maximum Gasteiger partial charge on any atom is 0.253 e. The van der Waals surface area contributed by atoms with E-state index in [1.54, 1.807) is 19.2 Å². The van der Waals surface area contributed by atoms with Crippen molar-refractivity contribution in [3.63, 3.8) is 0 Å². The minimum Gasteiger partial charge on any atom is -0.380 e. The summed E-state index contributed by atoms with van der Waals surface area (Å²) in [4.78, 5) is 26.7. The SMILES string of the molecule is COCc1ccc(C(=O)NCc2cccc(C(=O)N3CCCC3)c2)cc1. The number of benzene rings is 2.